The average molecular weight is 920 g/mol. The van der Waals surface area contributed by atoms with Crippen molar-refractivity contribution in [3.63, 3.8) is 0 Å². The van der Waals surface area contributed by atoms with E-state index in [2.05, 4.69) is 221 Å². The van der Waals surface area contributed by atoms with Crippen LogP contribution in [0.25, 0.3) is 54.9 Å². The summed E-state index contributed by atoms with van der Waals surface area (Å²) >= 11 is -0.826. The second-order valence-corrected chi connectivity index (χ2v) is 23.3. The molecule has 0 bridgehead atoms. The van der Waals surface area contributed by atoms with Crippen LogP contribution in [0.15, 0.2) is 152 Å². The molecule has 2 radical (unpaired) electrons. The molecule has 0 amide bonds. The van der Waals surface area contributed by atoms with Gasteiger partial charge in [0.2, 0.25) is 0 Å². The van der Waals surface area contributed by atoms with Gasteiger partial charge in [0.1, 0.15) is 0 Å². The molecule has 0 aromatic heterocycles. The Morgan fingerprint density at radius 2 is 0.950 bits per heavy atom. The van der Waals surface area contributed by atoms with Gasteiger partial charge in [0.05, 0.1) is 9.52 Å². The van der Waals surface area contributed by atoms with Crippen molar-refractivity contribution < 1.29 is 20.8 Å². The first-order chi connectivity index (χ1) is 28.6. The van der Waals surface area contributed by atoms with E-state index in [-0.39, 0.29) is 10.8 Å². The van der Waals surface area contributed by atoms with Crippen LogP contribution in [0.4, 0.5) is 0 Å². The standard InChI is InChI=1S/2C22H25.C12H7Si.2ClH.Zr/c2*1-15(2)18-13-17-11-12-20(22(3,4)5)21(19(17)14-18)16-9-7-6-8-10-16;1-3-7-11-9(5-1)10-6-2-4-8-12(10)13-11;;;/h2*6-15H,1-5H3;1-7H;2*1H;/q3*-1;;;+2/p-2. The average Bonchev–Trinajstić information content (AvgIpc) is 3.97. The molecule has 0 N–H and O–H groups in total. The van der Waals surface area contributed by atoms with Gasteiger partial charge in [-0.15, -0.1) is 74.6 Å². The van der Waals surface area contributed by atoms with Gasteiger partial charge in [-0.1, -0.05) is 187 Å². The largest absolute Gasteiger partial charge is 0.184 e. The van der Waals surface area contributed by atoms with Crippen LogP contribution in [0.3, 0.4) is 0 Å². The number of fused-ring (bicyclic) bond motifs is 5. The summed E-state index contributed by atoms with van der Waals surface area (Å²) in [6.45, 7) is 22.9. The van der Waals surface area contributed by atoms with Gasteiger partial charge in [-0.25, -0.2) is 0 Å². The molecule has 1 aliphatic rings. The molecule has 0 saturated heterocycles. The summed E-state index contributed by atoms with van der Waals surface area (Å²) in [4.78, 5) is 0. The predicted octanol–water partition coefficient (Wildman–Crippen LogP) is 15.8. The van der Waals surface area contributed by atoms with E-state index in [0.717, 1.165) is 9.52 Å². The Hall–Kier alpha value is -3.78. The van der Waals surface area contributed by atoms with Crippen molar-refractivity contribution in [1.82, 2.24) is 0 Å². The van der Waals surface area contributed by atoms with Gasteiger partial charge in [-0.2, -0.15) is 41.6 Å². The van der Waals surface area contributed by atoms with Crippen molar-refractivity contribution in [2.24, 2.45) is 0 Å². The molecule has 8 aromatic carbocycles. The second kappa shape index (κ2) is 19.9. The van der Waals surface area contributed by atoms with E-state index < -0.39 is 20.8 Å². The van der Waals surface area contributed by atoms with Gasteiger partial charge < -0.3 is 0 Å². The van der Waals surface area contributed by atoms with Crippen molar-refractivity contribution in [3.8, 4) is 33.4 Å². The van der Waals surface area contributed by atoms with E-state index in [0.29, 0.717) is 11.8 Å². The summed E-state index contributed by atoms with van der Waals surface area (Å²) in [5.74, 6) is 1.13. The Labute approximate surface area is 381 Å². The van der Waals surface area contributed by atoms with Gasteiger partial charge in [0.25, 0.3) is 0 Å². The third-order valence-corrected chi connectivity index (χ3v) is 12.6. The molecule has 0 nitrogen and oxygen atoms in total. The quantitative estimate of drug-likeness (QED) is 0.122. The fourth-order valence-electron chi connectivity index (χ4n) is 8.08. The molecule has 0 fully saturated rings. The first-order valence-electron chi connectivity index (χ1n) is 21.0. The summed E-state index contributed by atoms with van der Waals surface area (Å²) in [7, 11) is 10.7. The zero-order valence-electron chi connectivity index (χ0n) is 36.8. The van der Waals surface area contributed by atoms with Crippen molar-refractivity contribution >= 4 is 58.5 Å². The van der Waals surface area contributed by atoms with Gasteiger partial charge >= 0.3 is 37.9 Å². The maximum atomic E-state index is 4.93. The Morgan fingerprint density at radius 3 is 1.38 bits per heavy atom. The van der Waals surface area contributed by atoms with E-state index in [1.807, 2.05) is 6.07 Å². The predicted molar refractivity (Wildman–Crippen MR) is 263 cm³/mol. The molecule has 8 aromatic rings. The van der Waals surface area contributed by atoms with Crippen LogP contribution in [0.1, 0.15) is 103 Å². The smallest absolute Gasteiger partial charge is 0.0920 e. The van der Waals surface area contributed by atoms with Crippen LogP contribution in [0.2, 0.25) is 0 Å². The van der Waals surface area contributed by atoms with Crippen LogP contribution in [0, 0.1) is 6.07 Å². The Balaban J connectivity index is 0.000000150. The van der Waals surface area contributed by atoms with Crippen molar-refractivity contribution in [2.45, 2.75) is 91.9 Å². The Bertz CT molecular complexity index is 2450. The minimum Gasteiger partial charge on any atom is -0.184 e. The molecule has 1 heterocycles. The number of rotatable bonds is 4. The van der Waals surface area contributed by atoms with Crippen molar-refractivity contribution in [3.05, 3.63) is 180 Å². The minimum atomic E-state index is -0.826. The van der Waals surface area contributed by atoms with Gasteiger partial charge in [-0.05, 0) is 33.8 Å². The molecule has 1 aliphatic heterocycles. The first kappa shape index (κ1) is 45.7. The van der Waals surface area contributed by atoms with Crippen LogP contribution in [-0.4, -0.2) is 9.52 Å². The van der Waals surface area contributed by atoms with E-state index in [1.165, 1.54) is 87.6 Å². The van der Waals surface area contributed by atoms with Crippen LogP contribution < -0.4 is 10.4 Å². The van der Waals surface area contributed by atoms with Crippen LogP contribution >= 0.6 is 17.0 Å². The monoisotopic (exact) mass is 917 g/mol. The van der Waals surface area contributed by atoms with Gasteiger partial charge in [0.15, 0.2) is 0 Å². The molecule has 0 aliphatic carbocycles. The molecular weight excluding hydrogens is 863 g/mol. The first-order valence-corrected chi connectivity index (χ1v) is 28.4. The van der Waals surface area contributed by atoms with E-state index >= 15 is 0 Å². The SMILES string of the molecule is CC(C)c1cc2c(-c3ccccc3)c(C(C)(C)C)ccc2[cH-]1.CC(C)c1cc2c(-c3ccccc3)c(C(C)(C)C)ccc2[cH-]1.[Cl][Zr][Cl].[c-]1cccc2c1[Si]c1ccccc1-2. The maximum Gasteiger partial charge on any atom is 0.0920 e. The van der Waals surface area contributed by atoms with Crippen LogP contribution in [-0.2, 0) is 31.7 Å². The summed E-state index contributed by atoms with van der Waals surface area (Å²) in [5, 5.41) is 8.32. The van der Waals surface area contributed by atoms with E-state index in [1.54, 1.807) is 0 Å². The Morgan fingerprint density at radius 1 is 0.533 bits per heavy atom. The van der Waals surface area contributed by atoms with Crippen LogP contribution in [0.5, 0.6) is 0 Å². The van der Waals surface area contributed by atoms with Gasteiger partial charge in [-0.3, -0.25) is 0 Å². The zero-order valence-corrected chi connectivity index (χ0v) is 41.8. The molecule has 4 heteroatoms. The molecule has 0 atom stereocenters. The van der Waals surface area contributed by atoms with Crippen molar-refractivity contribution in [2.75, 3.05) is 0 Å². The Kier molecular flexibility index (Phi) is 15.2. The van der Waals surface area contributed by atoms with Crippen molar-refractivity contribution in [1.29, 1.82) is 0 Å². The normalized spacial score (nSPS) is 11.9. The van der Waals surface area contributed by atoms with Gasteiger partial charge in [0, 0.05) is 0 Å². The molecule has 0 unspecified atom stereocenters. The number of benzene rings is 6. The molecule has 9 rings (SSSR count). The minimum absolute atomic E-state index is 0.134. The number of hydrogen-bond acceptors (Lipinski definition) is 0. The topological polar surface area (TPSA) is 0 Å². The summed E-state index contributed by atoms with van der Waals surface area (Å²) in [6, 6.07) is 58.5. The molecule has 60 heavy (non-hydrogen) atoms. The fraction of sp³-hybridized carbons (Fsp3) is 0.250. The maximum absolute atomic E-state index is 4.93. The number of hydrogen-bond donors (Lipinski definition) is 0. The summed E-state index contributed by atoms with van der Waals surface area (Å²) in [5.41, 5.74) is 14.2. The number of halogens is 2. The molecule has 306 valence electrons. The third-order valence-electron chi connectivity index (χ3n) is 11.2. The molecule has 0 saturated carbocycles. The summed E-state index contributed by atoms with van der Waals surface area (Å²) < 4.78 is 0. The zero-order chi connectivity index (χ0) is 43.2. The second-order valence-electron chi connectivity index (χ2n) is 18.3. The fourth-order valence-corrected chi connectivity index (χ4v) is 9.39. The van der Waals surface area contributed by atoms with E-state index in [4.69, 9.17) is 17.0 Å². The molecule has 0 spiro atoms. The summed E-state index contributed by atoms with van der Waals surface area (Å²) in [6.07, 6.45) is 0. The molecular formula is C56H57Cl2SiZr-3. The third kappa shape index (κ3) is 10.6. The van der Waals surface area contributed by atoms with E-state index in [9.17, 15) is 0 Å².